The number of fused-ring (bicyclic) bond motifs is 1. The summed E-state index contributed by atoms with van der Waals surface area (Å²) in [4.78, 5) is 38.6. The summed E-state index contributed by atoms with van der Waals surface area (Å²) in [5.74, 6) is -0.0385. The van der Waals surface area contributed by atoms with Gasteiger partial charge in [-0.25, -0.2) is 0 Å². The van der Waals surface area contributed by atoms with Crippen molar-refractivity contribution in [2.75, 3.05) is 6.54 Å². The monoisotopic (exact) mass is 413 g/mol. The van der Waals surface area contributed by atoms with Gasteiger partial charge in [-0.1, -0.05) is 45.8 Å². The number of ether oxygens (including phenoxy) is 1. The van der Waals surface area contributed by atoms with E-state index in [0.717, 1.165) is 38.5 Å². The van der Waals surface area contributed by atoms with Crippen molar-refractivity contribution in [1.82, 2.24) is 0 Å². The van der Waals surface area contributed by atoms with Gasteiger partial charge in [0.25, 0.3) is 0 Å². The number of cyclic esters (lactones) is 2. The van der Waals surface area contributed by atoms with Gasteiger partial charge in [0, 0.05) is 10.8 Å². The van der Waals surface area contributed by atoms with Crippen LogP contribution in [0.15, 0.2) is 11.6 Å². The second-order valence-electron chi connectivity index (χ2n) is 11.5. The third-order valence-electron chi connectivity index (χ3n) is 10.2. The topological polar surface area (TPSA) is 86.5 Å². The molecule has 5 aliphatic carbocycles. The quantitative estimate of drug-likeness (QED) is 0.433. The van der Waals surface area contributed by atoms with Crippen molar-refractivity contribution in [3.63, 3.8) is 0 Å². The summed E-state index contributed by atoms with van der Waals surface area (Å²) in [5, 5.41) is 0. The van der Waals surface area contributed by atoms with Crippen LogP contribution in [-0.2, 0) is 19.1 Å². The lowest BCUT2D eigenvalue weighted by Crippen LogP contribution is -2.65. The van der Waals surface area contributed by atoms with Crippen LogP contribution in [0.25, 0.3) is 0 Å². The van der Waals surface area contributed by atoms with Crippen molar-refractivity contribution in [3.05, 3.63) is 11.6 Å². The molecule has 0 radical (unpaired) electrons. The van der Waals surface area contributed by atoms with Crippen molar-refractivity contribution < 1.29 is 19.1 Å². The number of allylic oxidation sites excluding steroid dienone is 2. The number of ketones is 1. The van der Waals surface area contributed by atoms with E-state index in [1.54, 1.807) is 0 Å². The Hall–Kier alpha value is -1.49. The van der Waals surface area contributed by atoms with E-state index in [-0.39, 0.29) is 64.2 Å². The molecule has 1 heterocycles. The molecule has 6 rings (SSSR count). The van der Waals surface area contributed by atoms with Gasteiger partial charge in [-0.3, -0.25) is 14.4 Å². The lowest BCUT2D eigenvalue weighted by atomic mass is 9.34. The van der Waals surface area contributed by atoms with Crippen LogP contribution in [0.3, 0.4) is 0 Å². The van der Waals surface area contributed by atoms with E-state index in [4.69, 9.17) is 10.5 Å². The molecule has 2 N–H and O–H groups in total. The van der Waals surface area contributed by atoms with Crippen molar-refractivity contribution in [1.29, 1.82) is 0 Å². The van der Waals surface area contributed by atoms with E-state index in [1.165, 1.54) is 5.57 Å². The molecule has 2 bridgehead atoms. The van der Waals surface area contributed by atoms with E-state index < -0.39 is 0 Å². The number of nitrogens with two attached hydrogens (primary N) is 1. The minimum atomic E-state index is -0.379. The first-order valence-corrected chi connectivity index (χ1v) is 11.8. The van der Waals surface area contributed by atoms with Crippen LogP contribution in [0, 0.1) is 51.8 Å². The fourth-order valence-electron chi connectivity index (χ4n) is 9.07. The maximum Gasteiger partial charge on any atom is 0.318 e. The highest BCUT2D eigenvalue weighted by Gasteiger charge is 2.72. The van der Waals surface area contributed by atoms with Gasteiger partial charge in [0.1, 0.15) is 0 Å². The Bertz CT molecular complexity index is 861. The van der Waals surface area contributed by atoms with Gasteiger partial charge in [0.15, 0.2) is 5.78 Å². The standard InChI is InChI=1S/C25H35NO4/c1-13(2)15-11-25-9-6-16-23(3,7-5-8-24(16,4)18(27)12-26)17(25)10-14(15)19-20(25)22(29)30-21(19)28/h11,13-14,16-17,19-20H,5-10,12,26H2,1-4H3. The summed E-state index contributed by atoms with van der Waals surface area (Å²) in [6.07, 6.45) is 8.12. The average molecular weight is 414 g/mol. The highest BCUT2D eigenvalue weighted by atomic mass is 16.6. The highest BCUT2D eigenvalue weighted by Crippen LogP contribution is 2.74. The molecule has 6 aliphatic rings. The molecule has 5 heteroatoms. The largest absolute Gasteiger partial charge is 0.393 e. The van der Waals surface area contributed by atoms with E-state index >= 15 is 0 Å². The Morgan fingerprint density at radius 2 is 1.90 bits per heavy atom. The maximum atomic E-state index is 13.0. The highest BCUT2D eigenvalue weighted by molar-refractivity contribution is 5.98. The fourth-order valence-corrected chi connectivity index (χ4v) is 9.07. The van der Waals surface area contributed by atoms with Gasteiger partial charge in [0.2, 0.25) is 0 Å². The maximum absolute atomic E-state index is 13.0. The minimum absolute atomic E-state index is 0.0236. The van der Waals surface area contributed by atoms with Gasteiger partial charge in [-0.15, -0.1) is 0 Å². The Labute approximate surface area is 179 Å². The van der Waals surface area contributed by atoms with Crippen molar-refractivity contribution in [3.8, 4) is 0 Å². The zero-order valence-corrected chi connectivity index (χ0v) is 18.7. The average Bonchev–Trinajstić information content (AvgIpc) is 3.02. The lowest BCUT2D eigenvalue weighted by Gasteiger charge is -2.68. The first-order valence-electron chi connectivity index (χ1n) is 11.8. The van der Waals surface area contributed by atoms with Crippen LogP contribution < -0.4 is 5.73 Å². The molecule has 164 valence electrons. The Kier molecular flexibility index (Phi) is 4.27. The van der Waals surface area contributed by atoms with Crippen LogP contribution in [0.1, 0.15) is 66.2 Å². The zero-order chi connectivity index (χ0) is 21.6. The molecule has 1 saturated heterocycles. The van der Waals surface area contributed by atoms with Crippen molar-refractivity contribution in [2.45, 2.75) is 66.2 Å². The SMILES string of the molecule is CC(C)C1=CC23CCC4C(C)(C(=O)CN)CCCC4(C)C2CC1C1C(=O)OC(=O)C13. The molecule has 3 saturated carbocycles. The molecule has 0 aromatic heterocycles. The Morgan fingerprint density at radius 1 is 1.17 bits per heavy atom. The van der Waals surface area contributed by atoms with Crippen LogP contribution in [0.2, 0.25) is 0 Å². The minimum Gasteiger partial charge on any atom is -0.393 e. The number of hydrogen-bond acceptors (Lipinski definition) is 5. The van der Waals surface area contributed by atoms with Crippen LogP contribution in [-0.4, -0.2) is 24.3 Å². The smallest absolute Gasteiger partial charge is 0.318 e. The number of carbonyl (C=O) groups excluding carboxylic acids is 3. The number of esters is 2. The Balaban J connectivity index is 1.65. The molecule has 4 fully saturated rings. The third-order valence-corrected chi connectivity index (χ3v) is 10.2. The predicted octanol–water partition coefficient (Wildman–Crippen LogP) is 3.66. The fraction of sp³-hybridized carbons (Fsp3) is 0.800. The van der Waals surface area contributed by atoms with E-state index in [1.807, 2.05) is 0 Å². The van der Waals surface area contributed by atoms with E-state index in [2.05, 4.69) is 33.8 Å². The second kappa shape index (κ2) is 6.27. The molecular weight excluding hydrogens is 378 g/mol. The lowest BCUT2D eigenvalue weighted by molar-refractivity contribution is -0.186. The van der Waals surface area contributed by atoms with Crippen LogP contribution in [0.5, 0.6) is 0 Å². The number of rotatable bonds is 3. The summed E-state index contributed by atoms with van der Waals surface area (Å²) in [6.45, 7) is 8.99. The van der Waals surface area contributed by atoms with Crippen molar-refractivity contribution in [2.24, 2.45) is 57.5 Å². The third kappa shape index (κ3) is 2.25. The first-order chi connectivity index (χ1) is 14.1. The van der Waals surface area contributed by atoms with Gasteiger partial charge in [-0.05, 0) is 61.2 Å². The van der Waals surface area contributed by atoms with E-state index in [0.29, 0.717) is 11.8 Å². The number of carbonyl (C=O) groups is 3. The molecule has 0 aromatic carbocycles. The molecule has 1 spiro atoms. The number of hydrogen-bond donors (Lipinski definition) is 1. The predicted molar refractivity (Wildman–Crippen MR) is 112 cm³/mol. The van der Waals surface area contributed by atoms with E-state index in [9.17, 15) is 14.4 Å². The van der Waals surface area contributed by atoms with Gasteiger partial charge in [-0.2, -0.15) is 0 Å². The molecule has 8 atom stereocenters. The Morgan fingerprint density at radius 3 is 2.57 bits per heavy atom. The molecule has 8 unspecified atom stereocenters. The number of Topliss-reactive ketones (excluding diaryl/α,β-unsaturated/α-hetero) is 1. The molecule has 0 aromatic rings. The zero-order valence-electron chi connectivity index (χ0n) is 18.7. The normalized spacial score (nSPS) is 49.3. The summed E-state index contributed by atoms with van der Waals surface area (Å²) < 4.78 is 5.24. The van der Waals surface area contributed by atoms with Gasteiger partial charge in [0.05, 0.1) is 18.4 Å². The summed E-state index contributed by atoms with van der Waals surface area (Å²) >= 11 is 0. The summed E-state index contributed by atoms with van der Waals surface area (Å²) in [5.41, 5.74) is 6.48. The molecule has 1 aliphatic heterocycles. The molecule has 5 nitrogen and oxygen atoms in total. The summed E-state index contributed by atoms with van der Waals surface area (Å²) in [7, 11) is 0. The van der Waals surface area contributed by atoms with Gasteiger partial charge < -0.3 is 10.5 Å². The van der Waals surface area contributed by atoms with Crippen molar-refractivity contribution >= 4 is 17.7 Å². The van der Waals surface area contributed by atoms with Crippen LogP contribution >= 0.6 is 0 Å². The second-order valence-corrected chi connectivity index (χ2v) is 11.5. The summed E-state index contributed by atoms with van der Waals surface area (Å²) in [6, 6.07) is 0. The molecular formula is C25H35NO4. The molecule has 30 heavy (non-hydrogen) atoms. The van der Waals surface area contributed by atoms with Gasteiger partial charge >= 0.3 is 11.9 Å². The first kappa shape index (κ1) is 20.4. The molecule has 0 amide bonds. The van der Waals surface area contributed by atoms with Crippen LogP contribution in [0.4, 0.5) is 0 Å².